The zero-order valence-electron chi connectivity index (χ0n) is 21.9. The molecule has 198 valence electrons. The van der Waals surface area contributed by atoms with E-state index in [2.05, 4.69) is 20.0 Å². The Bertz CT molecular complexity index is 1610. The minimum atomic E-state index is 0. The molecule has 0 aliphatic rings. The van der Waals surface area contributed by atoms with Gasteiger partial charge < -0.3 is 10.2 Å². The van der Waals surface area contributed by atoms with Crippen molar-refractivity contribution in [2.45, 2.75) is 0 Å². The van der Waals surface area contributed by atoms with E-state index in [4.69, 9.17) is 0 Å². The number of hydrogen-bond acceptors (Lipinski definition) is 8. The molecule has 0 aliphatic carbocycles. The molecule has 6 aromatic rings. The summed E-state index contributed by atoms with van der Waals surface area (Å²) in [5, 5.41) is 24.6. The number of para-hydroxylation sites is 2. The number of rotatable bonds is 6. The van der Waals surface area contributed by atoms with Crippen molar-refractivity contribution in [1.82, 2.24) is 9.97 Å². The maximum absolute atomic E-state index is 9.66. The monoisotopic (exact) mass is 624 g/mol. The van der Waals surface area contributed by atoms with Crippen LogP contribution in [0.15, 0.2) is 130 Å². The molecule has 0 fully saturated rings. The molecule has 2 aromatic heterocycles. The van der Waals surface area contributed by atoms with E-state index in [1.54, 1.807) is 36.7 Å². The van der Waals surface area contributed by atoms with Crippen LogP contribution in [0, 0.1) is 0 Å². The molecule has 0 saturated heterocycles. The first-order valence-electron chi connectivity index (χ1n) is 12.3. The maximum atomic E-state index is 9.66. The number of phenols is 2. The average molecular weight is 626 g/mol. The molecule has 0 spiro atoms. The first-order valence-corrected chi connectivity index (χ1v) is 14.1. The van der Waals surface area contributed by atoms with E-state index in [9.17, 15) is 10.2 Å². The summed E-state index contributed by atoms with van der Waals surface area (Å²) in [4.78, 5) is 17.5. The van der Waals surface area contributed by atoms with Gasteiger partial charge in [0.25, 0.3) is 0 Å². The number of benzene rings is 4. The van der Waals surface area contributed by atoms with Gasteiger partial charge in [0.15, 0.2) is 0 Å². The molecule has 2 N–H and O–H groups in total. The number of nitrogens with zero attached hydrogens (tertiary/aromatic N) is 4. The number of aromatic hydroxyl groups is 2. The molecule has 0 radical (unpaired) electrons. The molecule has 0 atom stereocenters. The first kappa shape index (κ1) is 29.7. The molecule has 0 aliphatic heterocycles. The van der Waals surface area contributed by atoms with Crippen molar-refractivity contribution in [3.63, 3.8) is 0 Å². The van der Waals surface area contributed by atoms with Crippen LogP contribution in [0.5, 0.6) is 11.5 Å². The van der Waals surface area contributed by atoms with Gasteiger partial charge in [0.1, 0.15) is 11.5 Å². The molecule has 0 saturated carbocycles. The van der Waals surface area contributed by atoms with E-state index < -0.39 is 0 Å². The van der Waals surface area contributed by atoms with Crippen molar-refractivity contribution < 1.29 is 29.7 Å². The standard InChI is InChI=1S/2C16H12N2OS.Zn/c2*19-15-9-5-4-8-13(15)10-17-16-18-14(11-20-16)12-6-2-1-3-7-12;/h2*1-11,19H;/b2*17-10+;. The molecule has 41 heavy (non-hydrogen) atoms. The third-order valence-corrected chi connectivity index (χ3v) is 7.12. The van der Waals surface area contributed by atoms with Crippen molar-refractivity contribution in [3.05, 3.63) is 131 Å². The molecule has 0 amide bonds. The van der Waals surface area contributed by atoms with E-state index in [0.717, 1.165) is 22.5 Å². The van der Waals surface area contributed by atoms with Crippen molar-refractivity contribution in [3.8, 4) is 34.0 Å². The Morgan fingerprint density at radius 2 is 0.878 bits per heavy atom. The number of phenolic OH excluding ortho intramolecular Hbond substituents is 2. The van der Waals surface area contributed by atoms with Gasteiger partial charge in [-0.05, 0) is 24.3 Å². The second-order valence-electron chi connectivity index (χ2n) is 8.40. The fourth-order valence-electron chi connectivity index (χ4n) is 3.57. The largest absolute Gasteiger partial charge is 0.507 e. The fraction of sp³-hybridized carbons (Fsp3) is 0. The summed E-state index contributed by atoms with van der Waals surface area (Å²) in [7, 11) is 0. The van der Waals surface area contributed by atoms with Gasteiger partial charge in [-0.1, -0.05) is 84.9 Å². The van der Waals surface area contributed by atoms with Crippen molar-refractivity contribution >= 4 is 45.4 Å². The Hall–Kier alpha value is -4.30. The maximum Gasteiger partial charge on any atom is 0.209 e. The van der Waals surface area contributed by atoms with E-state index >= 15 is 0 Å². The van der Waals surface area contributed by atoms with Gasteiger partial charge in [-0.15, -0.1) is 22.7 Å². The normalized spacial score (nSPS) is 10.7. The summed E-state index contributed by atoms with van der Waals surface area (Å²) < 4.78 is 0. The van der Waals surface area contributed by atoms with Crippen molar-refractivity contribution in [2.75, 3.05) is 0 Å². The van der Waals surface area contributed by atoms with Gasteiger partial charge in [-0.25, -0.2) is 20.0 Å². The van der Waals surface area contributed by atoms with Crippen LogP contribution < -0.4 is 0 Å². The van der Waals surface area contributed by atoms with Crippen LogP contribution in [-0.4, -0.2) is 32.6 Å². The van der Waals surface area contributed by atoms with Gasteiger partial charge in [-0.3, -0.25) is 0 Å². The first-order chi connectivity index (χ1) is 19.7. The summed E-state index contributed by atoms with van der Waals surface area (Å²) in [6, 6.07) is 34.2. The van der Waals surface area contributed by atoms with Crippen LogP contribution in [0.3, 0.4) is 0 Å². The summed E-state index contributed by atoms with van der Waals surface area (Å²) in [6.45, 7) is 0. The minimum absolute atomic E-state index is 0. The Morgan fingerprint density at radius 1 is 0.512 bits per heavy atom. The number of aromatic nitrogens is 2. The summed E-state index contributed by atoms with van der Waals surface area (Å²) in [5.41, 5.74) is 5.36. The van der Waals surface area contributed by atoms with Crippen LogP contribution in [0.1, 0.15) is 11.1 Å². The summed E-state index contributed by atoms with van der Waals surface area (Å²) >= 11 is 2.96. The molecule has 4 aromatic carbocycles. The molecule has 0 unspecified atom stereocenters. The van der Waals surface area contributed by atoms with Gasteiger partial charge in [0.2, 0.25) is 10.3 Å². The summed E-state index contributed by atoms with van der Waals surface area (Å²) in [6.07, 6.45) is 3.26. The second kappa shape index (κ2) is 14.9. The Balaban J connectivity index is 0.000000184. The van der Waals surface area contributed by atoms with Crippen LogP contribution in [0.25, 0.3) is 22.5 Å². The van der Waals surface area contributed by atoms with Gasteiger partial charge in [0, 0.05) is 64.9 Å². The van der Waals surface area contributed by atoms with E-state index in [1.165, 1.54) is 22.7 Å². The summed E-state index contributed by atoms with van der Waals surface area (Å²) in [5.74, 6) is 0.437. The second-order valence-corrected chi connectivity index (χ2v) is 10.1. The van der Waals surface area contributed by atoms with Crippen molar-refractivity contribution in [1.29, 1.82) is 0 Å². The Morgan fingerprint density at radius 3 is 1.27 bits per heavy atom. The third-order valence-electron chi connectivity index (χ3n) is 5.62. The zero-order valence-corrected chi connectivity index (χ0v) is 26.5. The number of aliphatic imine (C=N–C) groups is 2. The average Bonchev–Trinajstić information content (AvgIpc) is 3.68. The minimum Gasteiger partial charge on any atom is -0.507 e. The van der Waals surface area contributed by atoms with Gasteiger partial charge in [0.05, 0.1) is 11.4 Å². The van der Waals surface area contributed by atoms with Crippen LogP contribution in [-0.2, 0) is 19.5 Å². The predicted molar refractivity (Wildman–Crippen MR) is 166 cm³/mol. The third kappa shape index (κ3) is 8.35. The van der Waals surface area contributed by atoms with E-state index in [0.29, 0.717) is 21.4 Å². The molecule has 2 heterocycles. The van der Waals surface area contributed by atoms with Crippen LogP contribution >= 0.6 is 22.7 Å². The molecular formula is C32H24N4O2S2Zn. The topological polar surface area (TPSA) is 91.0 Å². The fourth-order valence-corrected chi connectivity index (χ4v) is 4.91. The van der Waals surface area contributed by atoms with E-state index in [1.807, 2.05) is 95.7 Å². The quantitative estimate of drug-likeness (QED) is 0.143. The molecular weight excluding hydrogens is 602 g/mol. The van der Waals surface area contributed by atoms with Crippen molar-refractivity contribution in [2.24, 2.45) is 9.98 Å². The van der Waals surface area contributed by atoms with Crippen LogP contribution in [0.2, 0.25) is 0 Å². The van der Waals surface area contributed by atoms with Gasteiger partial charge >= 0.3 is 0 Å². The molecule has 0 bridgehead atoms. The molecule has 6 nitrogen and oxygen atoms in total. The Kier molecular flexibility index (Phi) is 10.8. The number of thiazole rings is 2. The zero-order chi connectivity index (χ0) is 27.6. The van der Waals surface area contributed by atoms with E-state index in [-0.39, 0.29) is 31.0 Å². The molecule has 6 rings (SSSR count). The van der Waals surface area contributed by atoms with Crippen LogP contribution in [0.4, 0.5) is 10.3 Å². The van der Waals surface area contributed by atoms with Gasteiger partial charge in [-0.2, -0.15) is 0 Å². The number of hydrogen-bond donors (Lipinski definition) is 2. The predicted octanol–water partition coefficient (Wildman–Crippen LogP) is 8.53. The smallest absolute Gasteiger partial charge is 0.209 e. The molecule has 9 heteroatoms. The SMILES string of the molecule is Oc1ccccc1/C=N/c1nc(-c2ccccc2)cs1.Oc1ccccc1/C=N/c1nc(-c2ccccc2)cs1.[Zn]. The Labute approximate surface area is 258 Å².